The molecule has 1 heterocycles. The van der Waals surface area contributed by atoms with Crippen LogP contribution in [0.5, 0.6) is 0 Å². The van der Waals surface area contributed by atoms with Gasteiger partial charge in [0.2, 0.25) is 0 Å². The van der Waals surface area contributed by atoms with Crippen molar-refractivity contribution in [3.05, 3.63) is 40.1 Å². The summed E-state index contributed by atoms with van der Waals surface area (Å²) < 4.78 is 2.79. The summed E-state index contributed by atoms with van der Waals surface area (Å²) in [6.45, 7) is 4.08. The van der Waals surface area contributed by atoms with E-state index in [-0.39, 0.29) is 4.83 Å². The molecule has 1 atom stereocenters. The van der Waals surface area contributed by atoms with Crippen molar-refractivity contribution in [3.8, 4) is 5.69 Å². The average Bonchev–Trinajstić information content (AvgIpc) is 2.70. The van der Waals surface area contributed by atoms with Gasteiger partial charge in [-0.1, -0.05) is 27.2 Å². The van der Waals surface area contributed by atoms with E-state index in [1.807, 2.05) is 19.2 Å². The molecule has 5 heteroatoms. The van der Waals surface area contributed by atoms with E-state index in [1.165, 1.54) is 5.56 Å². The van der Waals surface area contributed by atoms with Crippen LogP contribution in [0.4, 0.5) is 0 Å². The Hall–Kier alpha value is -0.680. The molecule has 3 nitrogen and oxygen atoms in total. The first kappa shape index (κ1) is 11.8. The van der Waals surface area contributed by atoms with Crippen LogP contribution in [0, 0.1) is 6.92 Å². The van der Waals surface area contributed by atoms with Gasteiger partial charge in [0.25, 0.3) is 0 Å². The molecular formula is C11H11Br2N3. The van der Waals surface area contributed by atoms with Crippen LogP contribution < -0.4 is 0 Å². The second-order valence-electron chi connectivity index (χ2n) is 3.66. The zero-order valence-corrected chi connectivity index (χ0v) is 12.2. The topological polar surface area (TPSA) is 30.7 Å². The Morgan fingerprint density at radius 2 is 2.12 bits per heavy atom. The largest absolute Gasteiger partial charge is 0.219 e. The first-order valence-corrected chi connectivity index (χ1v) is 6.61. The number of hydrogen-bond donors (Lipinski definition) is 0. The summed E-state index contributed by atoms with van der Waals surface area (Å²) >= 11 is 6.99. The maximum atomic E-state index is 4.12. The molecule has 0 bridgehead atoms. The molecule has 0 radical (unpaired) electrons. The van der Waals surface area contributed by atoms with Gasteiger partial charge in [0.15, 0.2) is 0 Å². The van der Waals surface area contributed by atoms with Gasteiger partial charge < -0.3 is 0 Å². The standard InChI is InChI=1S/C11H11Br2N3/c1-7-3-4-9(13)11(5-7)16-6-10(8(2)12)14-15-16/h3-6,8H,1-2H3. The third kappa shape index (κ3) is 2.35. The molecule has 84 valence electrons. The van der Waals surface area contributed by atoms with Gasteiger partial charge in [-0.15, -0.1) is 5.10 Å². The lowest BCUT2D eigenvalue weighted by Gasteiger charge is -2.04. The summed E-state index contributed by atoms with van der Waals surface area (Å²) in [5.74, 6) is 0. The van der Waals surface area contributed by atoms with E-state index >= 15 is 0 Å². The molecule has 0 spiro atoms. The van der Waals surface area contributed by atoms with Gasteiger partial charge in [-0.05, 0) is 47.5 Å². The zero-order chi connectivity index (χ0) is 11.7. The van der Waals surface area contributed by atoms with Crippen LogP contribution in [-0.4, -0.2) is 15.0 Å². The minimum absolute atomic E-state index is 0.213. The van der Waals surface area contributed by atoms with Crippen molar-refractivity contribution in [3.63, 3.8) is 0 Å². The van der Waals surface area contributed by atoms with E-state index in [1.54, 1.807) is 4.68 Å². The highest BCUT2D eigenvalue weighted by atomic mass is 79.9. The van der Waals surface area contributed by atoms with Gasteiger partial charge in [-0.3, -0.25) is 0 Å². The molecule has 0 amide bonds. The van der Waals surface area contributed by atoms with Gasteiger partial charge in [0.1, 0.15) is 0 Å². The molecular weight excluding hydrogens is 334 g/mol. The molecule has 1 unspecified atom stereocenters. The smallest absolute Gasteiger partial charge is 0.0965 e. The van der Waals surface area contributed by atoms with E-state index in [4.69, 9.17) is 0 Å². The SMILES string of the molecule is Cc1ccc(Br)c(-n2cc(C(C)Br)nn2)c1. The van der Waals surface area contributed by atoms with Crippen LogP contribution in [0.1, 0.15) is 23.0 Å². The fraction of sp³-hybridized carbons (Fsp3) is 0.273. The average molecular weight is 345 g/mol. The van der Waals surface area contributed by atoms with Crippen LogP contribution in [0.2, 0.25) is 0 Å². The van der Waals surface area contributed by atoms with Crippen molar-refractivity contribution >= 4 is 31.9 Å². The maximum Gasteiger partial charge on any atom is 0.0965 e. The molecule has 0 aliphatic heterocycles. The molecule has 0 N–H and O–H groups in total. The van der Waals surface area contributed by atoms with Crippen LogP contribution >= 0.6 is 31.9 Å². The molecule has 0 saturated carbocycles. The Morgan fingerprint density at radius 3 is 2.75 bits per heavy atom. The molecule has 0 aliphatic rings. The number of benzene rings is 1. The lowest BCUT2D eigenvalue weighted by Crippen LogP contribution is -1.96. The van der Waals surface area contributed by atoms with Gasteiger partial charge in [-0.2, -0.15) is 0 Å². The summed E-state index contributed by atoms with van der Waals surface area (Å²) in [6.07, 6.45) is 1.93. The fourth-order valence-electron chi connectivity index (χ4n) is 1.38. The number of halogens is 2. The van der Waals surface area contributed by atoms with Gasteiger partial charge in [0.05, 0.1) is 22.4 Å². The Kier molecular flexibility index (Phi) is 3.44. The number of aryl methyl sites for hydroxylation is 1. The molecule has 16 heavy (non-hydrogen) atoms. The van der Waals surface area contributed by atoms with Crippen LogP contribution in [0.25, 0.3) is 5.69 Å². The first-order chi connectivity index (χ1) is 7.58. The van der Waals surface area contributed by atoms with Crippen LogP contribution in [0.3, 0.4) is 0 Å². The van der Waals surface area contributed by atoms with Crippen molar-refractivity contribution in [2.45, 2.75) is 18.7 Å². The summed E-state index contributed by atoms with van der Waals surface area (Å²) in [6, 6.07) is 6.14. The molecule has 0 saturated heterocycles. The second kappa shape index (κ2) is 4.67. The van der Waals surface area contributed by atoms with Gasteiger partial charge in [0, 0.05) is 4.47 Å². The van der Waals surface area contributed by atoms with E-state index < -0.39 is 0 Å². The molecule has 1 aromatic carbocycles. The van der Waals surface area contributed by atoms with Crippen molar-refractivity contribution in [1.82, 2.24) is 15.0 Å². The maximum absolute atomic E-state index is 4.12. The Labute approximate surface area is 111 Å². The predicted molar refractivity (Wildman–Crippen MR) is 71.1 cm³/mol. The molecule has 2 rings (SSSR count). The quantitative estimate of drug-likeness (QED) is 0.776. The zero-order valence-electron chi connectivity index (χ0n) is 8.98. The fourth-order valence-corrected chi connectivity index (χ4v) is 2.01. The summed E-state index contributed by atoms with van der Waals surface area (Å²) in [4.78, 5) is 0.213. The van der Waals surface area contributed by atoms with Crippen molar-refractivity contribution in [2.75, 3.05) is 0 Å². The second-order valence-corrected chi connectivity index (χ2v) is 5.89. The minimum atomic E-state index is 0.213. The van der Waals surface area contributed by atoms with Gasteiger partial charge >= 0.3 is 0 Å². The van der Waals surface area contributed by atoms with E-state index in [9.17, 15) is 0 Å². The Bertz CT molecular complexity index is 506. The highest BCUT2D eigenvalue weighted by Crippen LogP contribution is 2.24. The normalized spacial score (nSPS) is 12.8. The molecule has 0 fully saturated rings. The number of aromatic nitrogens is 3. The lowest BCUT2D eigenvalue weighted by molar-refractivity contribution is 0.794. The first-order valence-electron chi connectivity index (χ1n) is 4.91. The minimum Gasteiger partial charge on any atom is -0.219 e. The third-order valence-corrected chi connectivity index (χ3v) is 3.41. The summed E-state index contributed by atoms with van der Waals surface area (Å²) in [7, 11) is 0. The van der Waals surface area contributed by atoms with Crippen LogP contribution in [-0.2, 0) is 0 Å². The van der Waals surface area contributed by atoms with Crippen molar-refractivity contribution in [2.24, 2.45) is 0 Å². The highest BCUT2D eigenvalue weighted by molar-refractivity contribution is 9.10. The lowest BCUT2D eigenvalue weighted by atomic mass is 10.2. The van der Waals surface area contributed by atoms with E-state index in [0.717, 1.165) is 15.9 Å². The highest BCUT2D eigenvalue weighted by Gasteiger charge is 2.09. The van der Waals surface area contributed by atoms with Crippen molar-refractivity contribution in [1.29, 1.82) is 0 Å². The predicted octanol–water partition coefficient (Wildman–Crippen LogP) is 3.79. The number of alkyl halides is 1. The Morgan fingerprint density at radius 1 is 1.38 bits per heavy atom. The van der Waals surface area contributed by atoms with Gasteiger partial charge in [-0.25, -0.2) is 4.68 Å². The number of hydrogen-bond acceptors (Lipinski definition) is 2. The van der Waals surface area contributed by atoms with Crippen molar-refractivity contribution < 1.29 is 0 Å². The summed E-state index contributed by atoms with van der Waals surface area (Å²) in [5.41, 5.74) is 3.13. The van der Waals surface area contributed by atoms with E-state index in [0.29, 0.717) is 0 Å². The Balaban J connectivity index is 2.46. The molecule has 0 aliphatic carbocycles. The summed E-state index contributed by atoms with van der Waals surface area (Å²) in [5, 5.41) is 8.22. The van der Waals surface area contributed by atoms with E-state index in [2.05, 4.69) is 61.2 Å². The molecule has 1 aromatic heterocycles. The monoisotopic (exact) mass is 343 g/mol. The third-order valence-electron chi connectivity index (χ3n) is 2.27. The number of nitrogens with zero attached hydrogens (tertiary/aromatic N) is 3. The molecule has 2 aromatic rings. The number of rotatable bonds is 2. The van der Waals surface area contributed by atoms with Crippen LogP contribution in [0.15, 0.2) is 28.9 Å².